The summed E-state index contributed by atoms with van der Waals surface area (Å²) in [6, 6.07) is 8.87. The third-order valence-electron chi connectivity index (χ3n) is 10.8. The minimum Gasteiger partial charge on any atom is -0.377 e. The first-order valence-electron chi connectivity index (χ1n) is 22.9. The summed E-state index contributed by atoms with van der Waals surface area (Å²) in [7, 11) is 0. The Kier molecular flexibility index (Phi) is 32.3. The van der Waals surface area contributed by atoms with E-state index in [1.54, 1.807) is 0 Å². The van der Waals surface area contributed by atoms with E-state index in [1.807, 2.05) is 0 Å². The van der Waals surface area contributed by atoms with Crippen LogP contribution in [0.3, 0.4) is 0 Å². The Balaban J connectivity index is 1.33. The molecule has 0 saturated carbocycles. The Hall–Kier alpha value is -1.78. The quantitative estimate of drug-likeness (QED) is 0.0507. The van der Waals surface area contributed by atoms with Gasteiger partial charge in [0.2, 0.25) is 0 Å². The molecule has 0 bridgehead atoms. The molecule has 0 spiro atoms. The summed E-state index contributed by atoms with van der Waals surface area (Å²) in [5.41, 5.74) is 2.53. The largest absolute Gasteiger partial charge is 0.377 e. The standard InChI is InChI=1S/C48H86N2O2/c1-3-5-7-9-11-13-15-17-19-21-23-25-27-29-37-49-39-33-47(34-40-49)45-51-43-31-32-44-52-46-48-35-41-50(42-36-48)38-30-28-26-24-22-20-18-16-14-12-10-8-6-4-2/h33-36,39-42H,3-32,37-38,43-46H2,1-2H3/q+2. The van der Waals surface area contributed by atoms with E-state index in [1.165, 1.54) is 191 Å². The zero-order valence-corrected chi connectivity index (χ0v) is 34.8. The molecule has 4 heteroatoms. The molecule has 2 heterocycles. The first-order chi connectivity index (χ1) is 25.8. The van der Waals surface area contributed by atoms with E-state index >= 15 is 0 Å². The highest BCUT2D eigenvalue weighted by molar-refractivity contribution is 5.06. The molecular formula is C48H86N2O2+2. The molecule has 0 radical (unpaired) electrons. The first-order valence-corrected chi connectivity index (χ1v) is 22.9. The third-order valence-corrected chi connectivity index (χ3v) is 10.8. The molecule has 0 saturated heterocycles. The van der Waals surface area contributed by atoms with Crippen LogP contribution in [0.5, 0.6) is 0 Å². The molecule has 4 nitrogen and oxygen atoms in total. The van der Waals surface area contributed by atoms with Crippen LogP contribution in [0.25, 0.3) is 0 Å². The Morgan fingerprint density at radius 2 is 0.577 bits per heavy atom. The smallest absolute Gasteiger partial charge is 0.169 e. The average Bonchev–Trinajstić information content (AvgIpc) is 3.17. The topological polar surface area (TPSA) is 26.2 Å². The number of pyridine rings is 2. The monoisotopic (exact) mass is 723 g/mol. The molecule has 0 unspecified atom stereocenters. The lowest BCUT2D eigenvalue weighted by atomic mass is 10.0. The van der Waals surface area contributed by atoms with Gasteiger partial charge < -0.3 is 9.47 Å². The number of aryl methyl sites for hydroxylation is 2. The SMILES string of the molecule is CCCCCCCCCCCCCCCC[n+]1ccc(COCCCCOCc2cc[n+](CCCCCCCCCCCCCCCC)cc2)cc1. The molecule has 2 aromatic heterocycles. The molecule has 0 atom stereocenters. The minimum atomic E-state index is 0.698. The van der Waals surface area contributed by atoms with Gasteiger partial charge in [-0.2, -0.15) is 0 Å². The molecule has 2 rings (SSSR count). The summed E-state index contributed by atoms with van der Waals surface area (Å²) in [6.07, 6.45) is 50.5. The fourth-order valence-corrected chi connectivity index (χ4v) is 7.23. The van der Waals surface area contributed by atoms with Crippen molar-refractivity contribution in [3.63, 3.8) is 0 Å². The van der Waals surface area contributed by atoms with Gasteiger partial charge in [0, 0.05) is 50.3 Å². The lowest BCUT2D eigenvalue weighted by molar-refractivity contribution is -0.697. The van der Waals surface area contributed by atoms with Crippen LogP contribution in [-0.2, 0) is 35.8 Å². The normalized spacial score (nSPS) is 11.5. The maximum atomic E-state index is 5.95. The van der Waals surface area contributed by atoms with Crippen LogP contribution in [0.1, 0.15) is 218 Å². The number of unbranched alkanes of at least 4 members (excludes halogenated alkanes) is 27. The van der Waals surface area contributed by atoms with Gasteiger partial charge in [0.05, 0.1) is 13.2 Å². The van der Waals surface area contributed by atoms with Gasteiger partial charge in [-0.3, -0.25) is 0 Å². The Morgan fingerprint density at radius 3 is 0.846 bits per heavy atom. The van der Waals surface area contributed by atoms with Crippen LogP contribution in [0, 0.1) is 0 Å². The molecular weight excluding hydrogens is 637 g/mol. The van der Waals surface area contributed by atoms with Gasteiger partial charge in [0.1, 0.15) is 13.1 Å². The van der Waals surface area contributed by atoms with Crippen molar-refractivity contribution in [1.29, 1.82) is 0 Å². The van der Waals surface area contributed by atoms with Crippen LogP contribution in [0.4, 0.5) is 0 Å². The maximum Gasteiger partial charge on any atom is 0.169 e. The van der Waals surface area contributed by atoms with E-state index < -0.39 is 0 Å². The highest BCUT2D eigenvalue weighted by atomic mass is 16.5. The minimum absolute atomic E-state index is 0.698. The number of nitrogens with zero attached hydrogens (tertiary/aromatic N) is 2. The van der Waals surface area contributed by atoms with E-state index in [9.17, 15) is 0 Å². The Bertz CT molecular complexity index is 911. The second-order valence-electron chi connectivity index (χ2n) is 15.9. The van der Waals surface area contributed by atoms with Crippen molar-refractivity contribution >= 4 is 0 Å². The summed E-state index contributed by atoms with van der Waals surface area (Å²) in [6.45, 7) is 9.83. The molecule has 0 N–H and O–H groups in total. The van der Waals surface area contributed by atoms with Crippen molar-refractivity contribution in [1.82, 2.24) is 0 Å². The van der Waals surface area contributed by atoms with Gasteiger partial charge in [0.25, 0.3) is 0 Å². The second-order valence-corrected chi connectivity index (χ2v) is 15.9. The average molecular weight is 723 g/mol. The summed E-state index contributed by atoms with van der Waals surface area (Å²) < 4.78 is 16.5. The fourth-order valence-electron chi connectivity index (χ4n) is 7.23. The van der Waals surface area contributed by atoms with Crippen molar-refractivity contribution in [3.05, 3.63) is 60.2 Å². The number of ether oxygens (including phenoxy) is 2. The van der Waals surface area contributed by atoms with E-state index in [0.717, 1.165) is 39.1 Å². The molecule has 2 aromatic rings. The third kappa shape index (κ3) is 28.7. The van der Waals surface area contributed by atoms with E-state index in [-0.39, 0.29) is 0 Å². The predicted octanol–water partition coefficient (Wildman–Crippen LogP) is 13.7. The van der Waals surface area contributed by atoms with E-state index in [0.29, 0.717) is 13.2 Å². The Labute approximate surface area is 323 Å². The van der Waals surface area contributed by atoms with E-state index in [4.69, 9.17) is 9.47 Å². The van der Waals surface area contributed by atoms with Crippen molar-refractivity contribution in [3.8, 4) is 0 Å². The van der Waals surface area contributed by atoms with Crippen LogP contribution in [0.2, 0.25) is 0 Å². The van der Waals surface area contributed by atoms with Crippen molar-refractivity contribution in [2.75, 3.05) is 13.2 Å². The van der Waals surface area contributed by atoms with Gasteiger partial charge in [-0.05, 0) is 36.8 Å². The van der Waals surface area contributed by atoms with Crippen LogP contribution in [-0.4, -0.2) is 13.2 Å². The zero-order chi connectivity index (χ0) is 36.8. The molecule has 0 amide bonds. The first kappa shape index (κ1) is 46.4. The van der Waals surface area contributed by atoms with Gasteiger partial charge >= 0.3 is 0 Å². The van der Waals surface area contributed by atoms with Crippen LogP contribution < -0.4 is 9.13 Å². The fraction of sp³-hybridized carbons (Fsp3) is 0.792. The molecule has 0 aliphatic carbocycles. The van der Waals surface area contributed by atoms with Crippen molar-refractivity contribution in [2.45, 2.75) is 233 Å². The summed E-state index contributed by atoms with van der Waals surface area (Å²) in [4.78, 5) is 0. The lowest BCUT2D eigenvalue weighted by Crippen LogP contribution is -2.32. The molecule has 0 fully saturated rings. The second kappa shape index (κ2) is 36.2. The van der Waals surface area contributed by atoms with Gasteiger partial charge in [-0.15, -0.1) is 0 Å². The summed E-state index contributed by atoms with van der Waals surface area (Å²) in [5, 5.41) is 0. The van der Waals surface area contributed by atoms with Crippen LogP contribution in [0.15, 0.2) is 49.1 Å². The number of aromatic nitrogens is 2. The number of rotatable bonds is 39. The summed E-state index contributed by atoms with van der Waals surface area (Å²) >= 11 is 0. The number of hydrogen-bond donors (Lipinski definition) is 0. The molecule has 0 aliphatic heterocycles. The van der Waals surface area contributed by atoms with E-state index in [2.05, 4.69) is 72.0 Å². The number of hydrogen-bond acceptors (Lipinski definition) is 2. The van der Waals surface area contributed by atoms with Crippen molar-refractivity contribution in [2.24, 2.45) is 0 Å². The van der Waals surface area contributed by atoms with Crippen LogP contribution >= 0.6 is 0 Å². The van der Waals surface area contributed by atoms with Gasteiger partial charge in [-0.25, -0.2) is 9.13 Å². The highest BCUT2D eigenvalue weighted by Gasteiger charge is 2.04. The predicted molar refractivity (Wildman–Crippen MR) is 222 cm³/mol. The van der Waals surface area contributed by atoms with Gasteiger partial charge in [0.15, 0.2) is 24.8 Å². The summed E-state index contributed by atoms with van der Waals surface area (Å²) in [5.74, 6) is 0. The molecule has 298 valence electrons. The molecule has 0 aliphatic rings. The lowest BCUT2D eigenvalue weighted by Gasteiger charge is -2.06. The Morgan fingerprint density at radius 1 is 0.327 bits per heavy atom. The molecule has 0 aromatic carbocycles. The zero-order valence-electron chi connectivity index (χ0n) is 34.8. The molecule has 52 heavy (non-hydrogen) atoms. The maximum absolute atomic E-state index is 5.95. The van der Waals surface area contributed by atoms with Gasteiger partial charge in [-0.1, -0.05) is 168 Å². The van der Waals surface area contributed by atoms with Crippen molar-refractivity contribution < 1.29 is 18.6 Å². The highest BCUT2D eigenvalue weighted by Crippen LogP contribution is 2.14.